The van der Waals surface area contributed by atoms with Gasteiger partial charge in [-0.2, -0.15) is 4.98 Å². The second-order valence-corrected chi connectivity index (χ2v) is 5.56. The van der Waals surface area contributed by atoms with Crippen molar-refractivity contribution in [2.24, 2.45) is 5.92 Å². The summed E-state index contributed by atoms with van der Waals surface area (Å²) in [6.45, 7) is 2.75. The van der Waals surface area contributed by atoms with Gasteiger partial charge in [-0.1, -0.05) is 6.92 Å². The van der Waals surface area contributed by atoms with E-state index in [4.69, 9.17) is 10.5 Å². The van der Waals surface area contributed by atoms with E-state index in [0.29, 0.717) is 23.9 Å². The van der Waals surface area contributed by atoms with Gasteiger partial charge in [0.25, 0.3) is 0 Å². The fourth-order valence-electron chi connectivity index (χ4n) is 2.44. The number of nitrogens with two attached hydrogens (primary N) is 1. The number of nitrogens with one attached hydrogen (secondary N) is 1. The molecule has 0 aromatic carbocycles. The molecule has 0 spiro atoms. The van der Waals surface area contributed by atoms with Crippen LogP contribution < -0.4 is 15.8 Å². The summed E-state index contributed by atoms with van der Waals surface area (Å²) in [5.74, 6) is 1.81. The van der Waals surface area contributed by atoms with E-state index in [0.717, 1.165) is 31.6 Å². The number of rotatable bonds is 4. The predicted molar refractivity (Wildman–Crippen MR) is 76.3 cm³/mol. The number of pyridine rings is 1. The van der Waals surface area contributed by atoms with Crippen LogP contribution in [0.5, 0.6) is 5.88 Å². The molecule has 0 bridgehead atoms. The highest BCUT2D eigenvalue weighted by Gasteiger charge is 2.31. The van der Waals surface area contributed by atoms with Crippen LogP contribution in [-0.4, -0.2) is 29.3 Å². The third-order valence-electron chi connectivity index (χ3n) is 3.89. The van der Waals surface area contributed by atoms with Crippen LogP contribution in [0.25, 0.3) is 0 Å². The van der Waals surface area contributed by atoms with E-state index in [2.05, 4.69) is 17.2 Å². The fourth-order valence-corrected chi connectivity index (χ4v) is 2.44. The third-order valence-corrected chi connectivity index (χ3v) is 3.89. The standard InChI is InChI=1S/C14H23N3O2/c1-10-5-7-14(18,8-6-10)9-16-12-4-3-11(15)13(17-12)19-2/h3-4,10,18H,5-9,15H2,1-2H3,(H,16,17). The van der Waals surface area contributed by atoms with E-state index in [9.17, 15) is 5.11 Å². The highest BCUT2D eigenvalue weighted by atomic mass is 16.5. The molecule has 19 heavy (non-hydrogen) atoms. The smallest absolute Gasteiger partial charge is 0.238 e. The highest BCUT2D eigenvalue weighted by molar-refractivity contribution is 5.53. The molecule has 0 amide bonds. The molecule has 1 aromatic heterocycles. The van der Waals surface area contributed by atoms with Crippen LogP contribution in [0.2, 0.25) is 0 Å². The predicted octanol–water partition coefficient (Wildman–Crippen LogP) is 2.03. The number of anilines is 2. The van der Waals surface area contributed by atoms with Crippen LogP contribution in [-0.2, 0) is 0 Å². The number of hydrogen-bond donors (Lipinski definition) is 3. The van der Waals surface area contributed by atoms with Crippen molar-refractivity contribution in [1.29, 1.82) is 0 Å². The molecule has 0 unspecified atom stereocenters. The lowest BCUT2D eigenvalue weighted by Crippen LogP contribution is -2.40. The summed E-state index contributed by atoms with van der Waals surface area (Å²) in [6.07, 6.45) is 3.84. The van der Waals surface area contributed by atoms with E-state index in [-0.39, 0.29) is 0 Å². The number of aromatic nitrogens is 1. The van der Waals surface area contributed by atoms with Gasteiger partial charge in [-0.25, -0.2) is 0 Å². The monoisotopic (exact) mass is 265 g/mol. The second kappa shape index (κ2) is 5.65. The molecule has 0 atom stereocenters. The fraction of sp³-hybridized carbons (Fsp3) is 0.643. The maximum Gasteiger partial charge on any atom is 0.238 e. The Morgan fingerprint density at radius 2 is 2.16 bits per heavy atom. The number of ether oxygens (including phenoxy) is 1. The topological polar surface area (TPSA) is 80.4 Å². The summed E-state index contributed by atoms with van der Waals surface area (Å²) < 4.78 is 5.08. The van der Waals surface area contributed by atoms with Crippen molar-refractivity contribution in [2.75, 3.05) is 24.7 Å². The quantitative estimate of drug-likeness (QED) is 0.776. The average molecular weight is 265 g/mol. The van der Waals surface area contributed by atoms with E-state index in [1.165, 1.54) is 0 Å². The first kappa shape index (κ1) is 13.9. The van der Waals surface area contributed by atoms with Gasteiger partial charge in [-0.05, 0) is 43.7 Å². The molecule has 1 aliphatic rings. The van der Waals surface area contributed by atoms with E-state index >= 15 is 0 Å². The summed E-state index contributed by atoms with van der Waals surface area (Å²) in [5, 5.41) is 13.7. The van der Waals surface area contributed by atoms with Crippen LogP contribution in [0, 0.1) is 5.92 Å². The molecule has 1 saturated carbocycles. The van der Waals surface area contributed by atoms with Crippen LogP contribution in [0.1, 0.15) is 32.6 Å². The van der Waals surface area contributed by atoms with Crippen LogP contribution in [0.4, 0.5) is 11.5 Å². The Hall–Kier alpha value is -1.49. The molecule has 5 nitrogen and oxygen atoms in total. The zero-order chi connectivity index (χ0) is 13.9. The largest absolute Gasteiger partial charge is 0.479 e. The average Bonchev–Trinajstić information content (AvgIpc) is 2.42. The van der Waals surface area contributed by atoms with Crippen molar-refractivity contribution >= 4 is 11.5 Å². The molecule has 1 heterocycles. The van der Waals surface area contributed by atoms with Crippen molar-refractivity contribution in [2.45, 2.75) is 38.2 Å². The summed E-state index contributed by atoms with van der Waals surface area (Å²) >= 11 is 0. The van der Waals surface area contributed by atoms with Crippen molar-refractivity contribution in [3.63, 3.8) is 0 Å². The van der Waals surface area contributed by atoms with Gasteiger partial charge in [0.05, 0.1) is 18.4 Å². The first-order valence-corrected chi connectivity index (χ1v) is 6.79. The lowest BCUT2D eigenvalue weighted by molar-refractivity contribution is 0.00494. The van der Waals surface area contributed by atoms with Gasteiger partial charge < -0.3 is 20.9 Å². The Morgan fingerprint density at radius 1 is 1.47 bits per heavy atom. The molecule has 1 fully saturated rings. The highest BCUT2D eigenvalue weighted by Crippen LogP contribution is 2.32. The molecule has 2 rings (SSSR count). The summed E-state index contributed by atoms with van der Waals surface area (Å²) in [7, 11) is 1.54. The zero-order valence-electron chi connectivity index (χ0n) is 11.6. The van der Waals surface area contributed by atoms with Gasteiger partial charge in [0, 0.05) is 6.54 Å². The first-order valence-electron chi connectivity index (χ1n) is 6.79. The van der Waals surface area contributed by atoms with Crippen molar-refractivity contribution in [1.82, 2.24) is 4.98 Å². The van der Waals surface area contributed by atoms with Gasteiger partial charge in [-0.3, -0.25) is 0 Å². The number of nitrogen functional groups attached to an aromatic ring is 1. The normalized spacial score (nSPS) is 27.0. The molecule has 4 N–H and O–H groups in total. The van der Waals surface area contributed by atoms with E-state index in [1.54, 1.807) is 19.2 Å². The van der Waals surface area contributed by atoms with Gasteiger partial charge in [-0.15, -0.1) is 0 Å². The van der Waals surface area contributed by atoms with Gasteiger partial charge in [0.1, 0.15) is 5.82 Å². The summed E-state index contributed by atoms with van der Waals surface area (Å²) in [6, 6.07) is 3.55. The molecule has 106 valence electrons. The Kier molecular flexibility index (Phi) is 4.14. The second-order valence-electron chi connectivity index (χ2n) is 5.56. The zero-order valence-corrected chi connectivity index (χ0v) is 11.6. The lowest BCUT2D eigenvalue weighted by Gasteiger charge is -2.35. The van der Waals surface area contributed by atoms with Gasteiger partial charge in [0.15, 0.2) is 0 Å². The minimum absolute atomic E-state index is 0.411. The molecular weight excluding hydrogens is 242 g/mol. The first-order chi connectivity index (χ1) is 9.02. The van der Waals surface area contributed by atoms with E-state index < -0.39 is 5.60 Å². The van der Waals surface area contributed by atoms with Crippen molar-refractivity contribution < 1.29 is 9.84 Å². The molecule has 0 saturated heterocycles. The Labute approximate surface area is 114 Å². The number of methoxy groups -OCH3 is 1. The minimum Gasteiger partial charge on any atom is -0.479 e. The maximum absolute atomic E-state index is 10.5. The summed E-state index contributed by atoms with van der Waals surface area (Å²) in [4.78, 5) is 4.25. The van der Waals surface area contributed by atoms with Crippen LogP contribution in [0.3, 0.4) is 0 Å². The molecule has 5 heteroatoms. The number of aliphatic hydroxyl groups is 1. The molecule has 0 aliphatic heterocycles. The third kappa shape index (κ3) is 3.50. The van der Waals surface area contributed by atoms with Gasteiger partial charge in [0.2, 0.25) is 5.88 Å². The molecule has 0 radical (unpaired) electrons. The lowest BCUT2D eigenvalue weighted by atomic mass is 9.79. The molecular formula is C14H23N3O2. The van der Waals surface area contributed by atoms with Crippen LogP contribution in [0.15, 0.2) is 12.1 Å². The summed E-state index contributed by atoms with van der Waals surface area (Å²) in [5.41, 5.74) is 5.61. The Bertz CT molecular complexity index is 429. The minimum atomic E-state index is -0.622. The van der Waals surface area contributed by atoms with E-state index in [1.807, 2.05) is 0 Å². The Morgan fingerprint density at radius 3 is 2.79 bits per heavy atom. The maximum atomic E-state index is 10.5. The Balaban J connectivity index is 1.95. The number of nitrogens with zero attached hydrogens (tertiary/aromatic N) is 1. The van der Waals surface area contributed by atoms with Gasteiger partial charge >= 0.3 is 0 Å². The SMILES string of the molecule is COc1nc(NCC2(O)CCC(C)CC2)ccc1N. The van der Waals surface area contributed by atoms with Crippen molar-refractivity contribution in [3.8, 4) is 5.88 Å². The molecule has 1 aromatic rings. The number of hydrogen-bond acceptors (Lipinski definition) is 5. The van der Waals surface area contributed by atoms with Crippen molar-refractivity contribution in [3.05, 3.63) is 12.1 Å². The molecule has 1 aliphatic carbocycles. The van der Waals surface area contributed by atoms with Crippen LogP contribution >= 0.6 is 0 Å².